The largest absolute Gasteiger partial charge is 0.341 e. The minimum atomic E-state index is -0.261. The molecule has 0 saturated heterocycles. The minimum Gasteiger partial charge on any atom is -0.341 e. The van der Waals surface area contributed by atoms with Crippen LogP contribution in [0.15, 0.2) is 24.3 Å². The smallest absolute Gasteiger partial charge is 0.222 e. The fourth-order valence-corrected chi connectivity index (χ4v) is 2.28. The fraction of sp³-hybridized carbons (Fsp3) is 0.562. The van der Waals surface area contributed by atoms with Gasteiger partial charge in [0.25, 0.3) is 0 Å². The lowest BCUT2D eigenvalue weighted by Gasteiger charge is -2.22. The molecule has 1 aromatic rings. The van der Waals surface area contributed by atoms with Crippen LogP contribution in [-0.4, -0.2) is 24.4 Å². The summed E-state index contributed by atoms with van der Waals surface area (Å²) in [5, 5.41) is 0. The van der Waals surface area contributed by atoms with E-state index >= 15 is 0 Å². The Bertz CT molecular complexity index is 417. The summed E-state index contributed by atoms with van der Waals surface area (Å²) in [6, 6.07) is 6.23. The fourth-order valence-electron chi connectivity index (χ4n) is 2.28. The van der Waals surface area contributed by atoms with Gasteiger partial charge >= 0.3 is 0 Å². The molecule has 0 aliphatic rings. The zero-order valence-electron chi connectivity index (χ0n) is 12.6. The Morgan fingerprint density at radius 2 is 1.90 bits per heavy atom. The zero-order chi connectivity index (χ0) is 15.1. The quantitative estimate of drug-likeness (QED) is 0.835. The SMILES string of the molecule is CC(C)CC(CN)CC(=O)N(C)Cc1ccc(F)cc1. The van der Waals surface area contributed by atoms with Crippen molar-refractivity contribution >= 4 is 5.91 Å². The van der Waals surface area contributed by atoms with E-state index in [2.05, 4.69) is 13.8 Å². The van der Waals surface area contributed by atoms with E-state index < -0.39 is 0 Å². The van der Waals surface area contributed by atoms with Crippen molar-refractivity contribution < 1.29 is 9.18 Å². The van der Waals surface area contributed by atoms with E-state index in [-0.39, 0.29) is 17.6 Å². The van der Waals surface area contributed by atoms with Crippen LogP contribution in [0.25, 0.3) is 0 Å². The average molecular weight is 280 g/mol. The Kier molecular flexibility index (Phi) is 6.65. The topological polar surface area (TPSA) is 46.3 Å². The number of halogens is 1. The standard InChI is InChI=1S/C16H25FN2O/c1-12(2)8-14(10-18)9-16(20)19(3)11-13-4-6-15(17)7-5-13/h4-7,12,14H,8-11,18H2,1-3H3. The number of rotatable bonds is 7. The Balaban J connectivity index is 2.51. The van der Waals surface area contributed by atoms with Gasteiger partial charge in [0, 0.05) is 20.0 Å². The van der Waals surface area contributed by atoms with Gasteiger partial charge < -0.3 is 10.6 Å². The van der Waals surface area contributed by atoms with Gasteiger partial charge in [0.15, 0.2) is 0 Å². The van der Waals surface area contributed by atoms with Crippen molar-refractivity contribution in [2.75, 3.05) is 13.6 Å². The maximum Gasteiger partial charge on any atom is 0.222 e. The molecule has 0 spiro atoms. The first-order valence-corrected chi connectivity index (χ1v) is 7.10. The Labute approximate surface area is 121 Å². The van der Waals surface area contributed by atoms with Crippen molar-refractivity contribution in [2.24, 2.45) is 17.6 Å². The molecule has 1 amide bonds. The van der Waals surface area contributed by atoms with Crippen LogP contribution in [-0.2, 0) is 11.3 Å². The van der Waals surface area contributed by atoms with Gasteiger partial charge in [-0.1, -0.05) is 26.0 Å². The maximum atomic E-state index is 12.8. The molecule has 112 valence electrons. The molecule has 0 aliphatic carbocycles. The van der Waals surface area contributed by atoms with Gasteiger partial charge in [-0.3, -0.25) is 4.79 Å². The third-order valence-electron chi connectivity index (χ3n) is 3.36. The molecule has 1 atom stereocenters. The number of carbonyl (C=O) groups is 1. The Morgan fingerprint density at radius 3 is 2.40 bits per heavy atom. The number of nitrogens with two attached hydrogens (primary N) is 1. The number of hydrogen-bond donors (Lipinski definition) is 1. The number of carbonyl (C=O) groups excluding carboxylic acids is 1. The average Bonchev–Trinajstić information content (AvgIpc) is 2.39. The van der Waals surface area contributed by atoms with Crippen LogP contribution in [0.1, 0.15) is 32.3 Å². The van der Waals surface area contributed by atoms with Gasteiger partial charge in [-0.25, -0.2) is 4.39 Å². The van der Waals surface area contributed by atoms with E-state index in [0.717, 1.165) is 12.0 Å². The highest BCUT2D eigenvalue weighted by Crippen LogP contribution is 2.16. The van der Waals surface area contributed by atoms with Crippen LogP contribution in [0.5, 0.6) is 0 Å². The molecule has 20 heavy (non-hydrogen) atoms. The number of nitrogens with zero attached hydrogens (tertiary/aromatic N) is 1. The lowest BCUT2D eigenvalue weighted by molar-refractivity contribution is -0.131. The monoisotopic (exact) mass is 280 g/mol. The van der Waals surface area contributed by atoms with Crippen molar-refractivity contribution in [1.29, 1.82) is 0 Å². The predicted molar refractivity (Wildman–Crippen MR) is 79.5 cm³/mol. The van der Waals surface area contributed by atoms with Crippen LogP contribution in [0.2, 0.25) is 0 Å². The molecule has 3 nitrogen and oxygen atoms in total. The van der Waals surface area contributed by atoms with Crippen molar-refractivity contribution in [2.45, 2.75) is 33.2 Å². The molecule has 1 rings (SSSR count). The van der Waals surface area contributed by atoms with Crippen LogP contribution >= 0.6 is 0 Å². The lowest BCUT2D eigenvalue weighted by Crippen LogP contribution is -2.30. The summed E-state index contributed by atoms with van der Waals surface area (Å²) in [5.74, 6) is 0.602. The van der Waals surface area contributed by atoms with Crippen LogP contribution in [0.3, 0.4) is 0 Å². The van der Waals surface area contributed by atoms with E-state index in [9.17, 15) is 9.18 Å². The molecule has 1 unspecified atom stereocenters. The van der Waals surface area contributed by atoms with Crippen molar-refractivity contribution in [3.05, 3.63) is 35.6 Å². The summed E-state index contributed by atoms with van der Waals surface area (Å²) in [6.45, 7) is 5.30. The third-order valence-corrected chi connectivity index (χ3v) is 3.36. The van der Waals surface area contributed by atoms with Gasteiger partial charge in [-0.2, -0.15) is 0 Å². The number of amides is 1. The molecule has 0 radical (unpaired) electrons. The van der Waals surface area contributed by atoms with Gasteiger partial charge in [0.1, 0.15) is 5.82 Å². The third kappa shape index (κ3) is 5.70. The van der Waals surface area contributed by atoms with Crippen LogP contribution in [0, 0.1) is 17.7 Å². The summed E-state index contributed by atoms with van der Waals surface area (Å²) < 4.78 is 12.8. The molecule has 0 bridgehead atoms. The van der Waals surface area contributed by atoms with Crippen LogP contribution < -0.4 is 5.73 Å². The first kappa shape index (κ1) is 16.6. The highest BCUT2D eigenvalue weighted by molar-refractivity contribution is 5.76. The van der Waals surface area contributed by atoms with E-state index in [4.69, 9.17) is 5.73 Å². The summed E-state index contributed by atoms with van der Waals surface area (Å²) in [5.41, 5.74) is 6.65. The summed E-state index contributed by atoms with van der Waals surface area (Å²) >= 11 is 0. The lowest BCUT2D eigenvalue weighted by atomic mass is 9.94. The first-order chi connectivity index (χ1) is 9.42. The van der Waals surface area contributed by atoms with E-state index in [1.807, 2.05) is 0 Å². The molecule has 0 aliphatic heterocycles. The summed E-state index contributed by atoms with van der Waals surface area (Å²) in [6.07, 6.45) is 1.44. The van der Waals surface area contributed by atoms with Gasteiger partial charge in [0.2, 0.25) is 5.91 Å². The minimum absolute atomic E-state index is 0.0884. The molecule has 2 N–H and O–H groups in total. The highest BCUT2D eigenvalue weighted by atomic mass is 19.1. The predicted octanol–water partition coefficient (Wildman–Crippen LogP) is 2.80. The van der Waals surface area contributed by atoms with Crippen molar-refractivity contribution in [3.8, 4) is 0 Å². The second-order valence-electron chi connectivity index (χ2n) is 5.81. The second-order valence-corrected chi connectivity index (χ2v) is 5.81. The molecule has 0 saturated carbocycles. The zero-order valence-corrected chi connectivity index (χ0v) is 12.6. The highest BCUT2D eigenvalue weighted by Gasteiger charge is 2.17. The molecule has 0 aromatic heterocycles. The molecule has 1 aromatic carbocycles. The molecular formula is C16H25FN2O. The maximum absolute atomic E-state index is 12.8. The van der Waals surface area contributed by atoms with Crippen LogP contribution in [0.4, 0.5) is 4.39 Å². The molecule has 0 fully saturated rings. The number of benzene rings is 1. The van der Waals surface area contributed by atoms with Crippen molar-refractivity contribution in [3.63, 3.8) is 0 Å². The Hall–Kier alpha value is -1.42. The van der Waals surface area contributed by atoms with E-state index in [1.54, 1.807) is 24.1 Å². The van der Waals surface area contributed by atoms with Crippen molar-refractivity contribution in [1.82, 2.24) is 4.90 Å². The summed E-state index contributed by atoms with van der Waals surface area (Å²) in [7, 11) is 1.77. The first-order valence-electron chi connectivity index (χ1n) is 7.10. The second kappa shape index (κ2) is 8.00. The number of hydrogen-bond acceptors (Lipinski definition) is 2. The van der Waals surface area contributed by atoms with Gasteiger partial charge in [0.05, 0.1) is 0 Å². The van der Waals surface area contributed by atoms with Gasteiger partial charge in [-0.15, -0.1) is 0 Å². The molecule has 4 heteroatoms. The van der Waals surface area contributed by atoms with E-state index in [1.165, 1.54) is 12.1 Å². The molecule has 0 heterocycles. The van der Waals surface area contributed by atoms with E-state index in [0.29, 0.717) is 25.4 Å². The summed E-state index contributed by atoms with van der Waals surface area (Å²) in [4.78, 5) is 13.8. The Morgan fingerprint density at radius 1 is 1.30 bits per heavy atom. The molecular weight excluding hydrogens is 255 g/mol. The normalized spacial score (nSPS) is 12.5. The van der Waals surface area contributed by atoms with Gasteiger partial charge in [-0.05, 0) is 42.5 Å².